The van der Waals surface area contributed by atoms with Crippen molar-refractivity contribution in [2.24, 2.45) is 11.8 Å². The summed E-state index contributed by atoms with van der Waals surface area (Å²) in [5, 5.41) is 3.38. The second-order valence-corrected chi connectivity index (χ2v) is 8.96. The minimum Gasteiger partial charge on any atom is -0.493 e. The number of piperidine rings is 1. The Morgan fingerprint density at radius 1 is 1.03 bits per heavy atom. The number of hydrogen-bond donors (Lipinski definition) is 1. The Labute approximate surface area is 185 Å². The predicted octanol–water partition coefficient (Wildman–Crippen LogP) is 5.17. The van der Waals surface area contributed by atoms with Crippen LogP contribution in [0.15, 0.2) is 48.5 Å². The molecule has 0 radical (unpaired) electrons. The highest BCUT2D eigenvalue weighted by molar-refractivity contribution is 5.76. The lowest BCUT2D eigenvalue weighted by molar-refractivity contribution is -0.132. The van der Waals surface area contributed by atoms with Gasteiger partial charge in [0.15, 0.2) is 0 Å². The number of benzene rings is 2. The van der Waals surface area contributed by atoms with Gasteiger partial charge in [0, 0.05) is 19.5 Å². The highest BCUT2D eigenvalue weighted by atomic mass is 19.1. The molecule has 0 spiro atoms. The quantitative estimate of drug-likeness (QED) is 0.570. The molecule has 1 saturated heterocycles. The van der Waals surface area contributed by atoms with E-state index in [1.807, 2.05) is 29.2 Å². The summed E-state index contributed by atoms with van der Waals surface area (Å²) in [5.41, 5.74) is 2.00. The minimum atomic E-state index is -0.260. The van der Waals surface area contributed by atoms with Crippen LogP contribution >= 0.6 is 0 Å². The summed E-state index contributed by atoms with van der Waals surface area (Å²) in [6.45, 7) is 8.04. The number of carbonyl (C=O) groups excluding carboxylic acids is 1. The molecule has 0 aromatic heterocycles. The fraction of sp³-hybridized carbons (Fsp3) is 0.500. The van der Waals surface area contributed by atoms with Crippen LogP contribution in [0.4, 0.5) is 4.39 Å². The van der Waals surface area contributed by atoms with Crippen LogP contribution in [0.2, 0.25) is 0 Å². The van der Waals surface area contributed by atoms with E-state index in [2.05, 4.69) is 19.2 Å². The van der Waals surface area contributed by atoms with Crippen molar-refractivity contribution in [2.45, 2.75) is 52.6 Å². The molecule has 1 N–H and O–H groups in total. The fourth-order valence-electron chi connectivity index (χ4n) is 3.87. The molecule has 31 heavy (non-hydrogen) atoms. The van der Waals surface area contributed by atoms with E-state index in [0.717, 1.165) is 49.2 Å². The largest absolute Gasteiger partial charge is 0.493 e. The van der Waals surface area contributed by atoms with Crippen LogP contribution in [0, 0.1) is 17.7 Å². The van der Waals surface area contributed by atoms with Crippen LogP contribution in [0.3, 0.4) is 0 Å². The van der Waals surface area contributed by atoms with E-state index in [9.17, 15) is 9.18 Å². The van der Waals surface area contributed by atoms with E-state index in [1.165, 1.54) is 12.1 Å². The van der Waals surface area contributed by atoms with Crippen LogP contribution in [0.1, 0.15) is 50.7 Å². The summed E-state index contributed by atoms with van der Waals surface area (Å²) < 4.78 is 19.1. The SMILES string of the molecule is CC(C)COc1ccc(CN(Cc2ccc(F)cc2)C(=O)CCC2CCNCC2)cc1. The van der Waals surface area contributed by atoms with Crippen molar-refractivity contribution in [3.05, 3.63) is 65.5 Å². The molecule has 1 fully saturated rings. The van der Waals surface area contributed by atoms with Gasteiger partial charge in [0.1, 0.15) is 11.6 Å². The third kappa shape index (κ3) is 7.98. The molecule has 1 amide bonds. The zero-order chi connectivity index (χ0) is 22.1. The Bertz CT molecular complexity index is 799. The molecule has 1 heterocycles. The van der Waals surface area contributed by atoms with Gasteiger partial charge in [0.2, 0.25) is 5.91 Å². The highest BCUT2D eigenvalue weighted by Gasteiger charge is 2.19. The first-order valence-electron chi connectivity index (χ1n) is 11.4. The summed E-state index contributed by atoms with van der Waals surface area (Å²) in [6, 6.07) is 14.4. The smallest absolute Gasteiger partial charge is 0.223 e. The van der Waals surface area contributed by atoms with Crippen molar-refractivity contribution in [3.8, 4) is 5.75 Å². The monoisotopic (exact) mass is 426 g/mol. The third-order valence-corrected chi connectivity index (χ3v) is 5.74. The third-order valence-electron chi connectivity index (χ3n) is 5.74. The maximum Gasteiger partial charge on any atom is 0.223 e. The fourth-order valence-corrected chi connectivity index (χ4v) is 3.87. The molecule has 4 nitrogen and oxygen atoms in total. The molecule has 0 atom stereocenters. The normalized spacial score (nSPS) is 14.6. The van der Waals surface area contributed by atoms with Gasteiger partial charge in [-0.2, -0.15) is 0 Å². The average molecular weight is 427 g/mol. The molecular formula is C26H35FN2O2. The van der Waals surface area contributed by atoms with Gasteiger partial charge in [0.25, 0.3) is 0 Å². The number of ether oxygens (including phenoxy) is 1. The second kappa shape index (κ2) is 11.8. The molecule has 168 valence electrons. The number of nitrogens with zero attached hydrogens (tertiary/aromatic N) is 1. The molecule has 5 heteroatoms. The Kier molecular flexibility index (Phi) is 8.89. The van der Waals surface area contributed by atoms with Gasteiger partial charge in [-0.3, -0.25) is 4.79 Å². The first-order chi connectivity index (χ1) is 15.0. The Hall–Kier alpha value is -2.40. The molecule has 0 unspecified atom stereocenters. The van der Waals surface area contributed by atoms with Gasteiger partial charge in [-0.25, -0.2) is 4.39 Å². The summed E-state index contributed by atoms with van der Waals surface area (Å²) in [7, 11) is 0. The standard InChI is InChI=1S/C26H35FN2O2/c1-20(2)19-31-25-10-5-23(6-11-25)18-29(17-22-3-8-24(27)9-4-22)26(30)12-7-21-13-15-28-16-14-21/h3-6,8-11,20-21,28H,7,12-19H2,1-2H3. The average Bonchev–Trinajstić information content (AvgIpc) is 2.78. The molecule has 2 aromatic rings. The molecule has 1 aliphatic rings. The van der Waals surface area contributed by atoms with E-state index in [1.54, 1.807) is 12.1 Å². The minimum absolute atomic E-state index is 0.156. The summed E-state index contributed by atoms with van der Waals surface area (Å²) >= 11 is 0. The molecule has 0 bridgehead atoms. The predicted molar refractivity (Wildman–Crippen MR) is 122 cm³/mol. The van der Waals surface area contributed by atoms with Crippen LogP contribution in [-0.4, -0.2) is 30.5 Å². The van der Waals surface area contributed by atoms with E-state index >= 15 is 0 Å². The van der Waals surface area contributed by atoms with Gasteiger partial charge >= 0.3 is 0 Å². The molecule has 3 rings (SSSR count). The van der Waals surface area contributed by atoms with Crippen LogP contribution in [-0.2, 0) is 17.9 Å². The van der Waals surface area contributed by atoms with Crippen molar-refractivity contribution in [2.75, 3.05) is 19.7 Å². The first-order valence-corrected chi connectivity index (χ1v) is 11.4. The van der Waals surface area contributed by atoms with Crippen molar-refractivity contribution in [3.63, 3.8) is 0 Å². The van der Waals surface area contributed by atoms with Crippen LogP contribution in [0.25, 0.3) is 0 Å². The molecule has 0 aliphatic carbocycles. The zero-order valence-corrected chi connectivity index (χ0v) is 18.8. The van der Waals surface area contributed by atoms with E-state index in [0.29, 0.717) is 38.0 Å². The van der Waals surface area contributed by atoms with Gasteiger partial charge in [0.05, 0.1) is 6.61 Å². The zero-order valence-electron chi connectivity index (χ0n) is 18.8. The van der Waals surface area contributed by atoms with Crippen molar-refractivity contribution < 1.29 is 13.9 Å². The van der Waals surface area contributed by atoms with Crippen molar-refractivity contribution in [1.29, 1.82) is 0 Å². The second-order valence-electron chi connectivity index (χ2n) is 8.96. The lowest BCUT2D eigenvalue weighted by Gasteiger charge is -2.26. The number of rotatable bonds is 10. The van der Waals surface area contributed by atoms with E-state index in [4.69, 9.17) is 4.74 Å². The number of hydrogen-bond acceptors (Lipinski definition) is 3. The van der Waals surface area contributed by atoms with Crippen LogP contribution < -0.4 is 10.1 Å². The van der Waals surface area contributed by atoms with Crippen molar-refractivity contribution in [1.82, 2.24) is 10.2 Å². The highest BCUT2D eigenvalue weighted by Crippen LogP contribution is 2.21. The topological polar surface area (TPSA) is 41.6 Å². The van der Waals surface area contributed by atoms with Crippen molar-refractivity contribution >= 4 is 5.91 Å². The number of nitrogens with one attached hydrogen (secondary N) is 1. The molecule has 1 aliphatic heterocycles. The Balaban J connectivity index is 1.64. The Morgan fingerprint density at radius 3 is 2.19 bits per heavy atom. The van der Waals surface area contributed by atoms with Gasteiger partial charge < -0.3 is 15.0 Å². The van der Waals surface area contributed by atoms with Gasteiger partial charge in [-0.15, -0.1) is 0 Å². The van der Waals surface area contributed by atoms with Gasteiger partial charge in [-0.1, -0.05) is 38.1 Å². The first kappa shape index (κ1) is 23.3. The number of halogens is 1. The van der Waals surface area contributed by atoms with Gasteiger partial charge in [-0.05, 0) is 79.6 Å². The lowest BCUT2D eigenvalue weighted by Crippen LogP contribution is -2.32. The van der Waals surface area contributed by atoms with Crippen LogP contribution in [0.5, 0.6) is 5.75 Å². The van der Waals surface area contributed by atoms with E-state index in [-0.39, 0.29) is 11.7 Å². The lowest BCUT2D eigenvalue weighted by atomic mass is 9.93. The summed E-state index contributed by atoms with van der Waals surface area (Å²) in [5.74, 6) is 1.84. The summed E-state index contributed by atoms with van der Waals surface area (Å²) in [6.07, 6.45) is 3.77. The maximum absolute atomic E-state index is 13.3. The molecular weight excluding hydrogens is 391 g/mol. The Morgan fingerprint density at radius 2 is 1.61 bits per heavy atom. The molecule has 0 saturated carbocycles. The summed E-state index contributed by atoms with van der Waals surface area (Å²) in [4.78, 5) is 15.0. The number of carbonyl (C=O) groups is 1. The van der Waals surface area contributed by atoms with E-state index < -0.39 is 0 Å². The molecule has 2 aromatic carbocycles. The number of amides is 1. The maximum atomic E-state index is 13.3.